The van der Waals surface area contributed by atoms with Crippen molar-refractivity contribution in [2.45, 2.75) is 6.54 Å². The molecule has 0 N–H and O–H groups in total. The standard InChI is InChI=1S/C11H10FN3O3/c12-9-1-3-10(4-2-9)18-8-7-14-6-5-11(13-14)15(16)17/h1-6H,7-8H2. The number of rotatable bonds is 5. The molecule has 0 atom stereocenters. The summed E-state index contributed by atoms with van der Waals surface area (Å²) in [7, 11) is 0. The van der Waals surface area contributed by atoms with Crippen LogP contribution >= 0.6 is 0 Å². The normalized spacial score (nSPS) is 10.3. The first-order valence-corrected chi connectivity index (χ1v) is 5.21. The monoisotopic (exact) mass is 251 g/mol. The number of hydrogen-bond donors (Lipinski definition) is 0. The van der Waals surface area contributed by atoms with Crippen LogP contribution in [-0.4, -0.2) is 21.3 Å². The quantitative estimate of drug-likeness (QED) is 0.602. The SMILES string of the molecule is O=[N+]([O-])c1ccn(CCOc2ccc(F)cc2)n1. The summed E-state index contributed by atoms with van der Waals surface area (Å²) in [5.74, 6) is 0.0138. The van der Waals surface area contributed by atoms with Crippen molar-refractivity contribution in [2.75, 3.05) is 6.61 Å². The highest BCUT2D eigenvalue weighted by Crippen LogP contribution is 2.11. The average molecular weight is 251 g/mol. The molecule has 0 amide bonds. The largest absolute Gasteiger partial charge is 0.492 e. The molecular formula is C11H10FN3O3. The van der Waals surface area contributed by atoms with E-state index in [0.29, 0.717) is 18.9 Å². The van der Waals surface area contributed by atoms with Crippen molar-refractivity contribution in [3.8, 4) is 5.75 Å². The third-order valence-corrected chi connectivity index (χ3v) is 2.22. The Hall–Kier alpha value is -2.44. The summed E-state index contributed by atoms with van der Waals surface area (Å²) >= 11 is 0. The van der Waals surface area contributed by atoms with Crippen LogP contribution in [-0.2, 0) is 6.54 Å². The van der Waals surface area contributed by atoms with Crippen LogP contribution in [0.4, 0.5) is 10.2 Å². The van der Waals surface area contributed by atoms with Crippen molar-refractivity contribution < 1.29 is 14.1 Å². The van der Waals surface area contributed by atoms with E-state index in [1.54, 1.807) is 0 Å². The number of benzene rings is 1. The third kappa shape index (κ3) is 3.03. The minimum absolute atomic E-state index is 0.197. The van der Waals surface area contributed by atoms with Gasteiger partial charge < -0.3 is 14.9 Å². The Morgan fingerprint density at radius 1 is 1.33 bits per heavy atom. The van der Waals surface area contributed by atoms with Gasteiger partial charge in [-0.05, 0) is 29.2 Å². The van der Waals surface area contributed by atoms with E-state index in [9.17, 15) is 14.5 Å². The molecule has 0 saturated heterocycles. The topological polar surface area (TPSA) is 70.2 Å². The van der Waals surface area contributed by atoms with Gasteiger partial charge in [0.05, 0.1) is 23.9 Å². The van der Waals surface area contributed by atoms with Gasteiger partial charge in [0.25, 0.3) is 0 Å². The number of nitrogens with zero attached hydrogens (tertiary/aromatic N) is 3. The second kappa shape index (κ2) is 5.26. The van der Waals surface area contributed by atoms with E-state index in [-0.39, 0.29) is 11.6 Å². The Bertz CT molecular complexity index is 539. The average Bonchev–Trinajstić information content (AvgIpc) is 2.81. The molecule has 6 nitrogen and oxygen atoms in total. The Balaban J connectivity index is 1.84. The van der Waals surface area contributed by atoms with E-state index in [1.807, 2.05) is 0 Å². The van der Waals surface area contributed by atoms with Gasteiger partial charge in [-0.2, -0.15) is 4.68 Å². The van der Waals surface area contributed by atoms with Crippen LogP contribution in [0.1, 0.15) is 0 Å². The molecule has 0 fully saturated rings. The first kappa shape index (κ1) is 12.0. The Kier molecular flexibility index (Phi) is 3.52. The lowest BCUT2D eigenvalue weighted by Crippen LogP contribution is -2.08. The molecule has 18 heavy (non-hydrogen) atoms. The number of aromatic nitrogens is 2. The minimum atomic E-state index is -0.558. The second-order valence-electron chi connectivity index (χ2n) is 3.50. The van der Waals surface area contributed by atoms with E-state index < -0.39 is 4.92 Å². The molecule has 0 aliphatic heterocycles. The third-order valence-electron chi connectivity index (χ3n) is 2.22. The highest BCUT2D eigenvalue weighted by molar-refractivity contribution is 5.22. The molecule has 2 aromatic rings. The summed E-state index contributed by atoms with van der Waals surface area (Å²) in [4.78, 5) is 9.85. The highest BCUT2D eigenvalue weighted by atomic mass is 19.1. The molecule has 0 saturated carbocycles. The molecule has 1 heterocycles. The number of hydrogen-bond acceptors (Lipinski definition) is 4. The first-order valence-electron chi connectivity index (χ1n) is 5.21. The zero-order valence-corrected chi connectivity index (χ0v) is 9.32. The number of nitro groups is 1. The summed E-state index contributed by atoms with van der Waals surface area (Å²) < 4.78 is 19.4. The van der Waals surface area contributed by atoms with Crippen molar-refractivity contribution in [3.63, 3.8) is 0 Å². The molecule has 0 aliphatic carbocycles. The van der Waals surface area contributed by atoms with Crippen LogP contribution in [0.15, 0.2) is 36.5 Å². The Morgan fingerprint density at radius 2 is 2.06 bits per heavy atom. The zero-order valence-electron chi connectivity index (χ0n) is 9.32. The summed E-state index contributed by atoms with van der Waals surface area (Å²) in [5.41, 5.74) is 0. The van der Waals surface area contributed by atoms with E-state index >= 15 is 0 Å². The Morgan fingerprint density at radius 3 is 2.67 bits per heavy atom. The predicted molar refractivity (Wildman–Crippen MR) is 60.8 cm³/mol. The summed E-state index contributed by atoms with van der Waals surface area (Å²) in [6, 6.07) is 6.95. The van der Waals surface area contributed by atoms with Gasteiger partial charge in [-0.3, -0.25) is 0 Å². The van der Waals surface area contributed by atoms with Gasteiger partial charge in [0, 0.05) is 0 Å². The van der Waals surface area contributed by atoms with Crippen molar-refractivity contribution in [1.82, 2.24) is 9.78 Å². The lowest BCUT2D eigenvalue weighted by Gasteiger charge is -2.04. The van der Waals surface area contributed by atoms with Crippen molar-refractivity contribution in [1.29, 1.82) is 0 Å². The summed E-state index contributed by atoms with van der Waals surface area (Å²) in [5, 5.41) is 14.1. The molecule has 0 unspecified atom stereocenters. The van der Waals surface area contributed by atoms with Crippen LogP contribution in [0.5, 0.6) is 5.75 Å². The molecule has 0 radical (unpaired) electrons. The van der Waals surface area contributed by atoms with Crippen LogP contribution in [0.2, 0.25) is 0 Å². The van der Waals surface area contributed by atoms with Gasteiger partial charge in [0.2, 0.25) is 0 Å². The molecule has 0 aliphatic rings. The van der Waals surface area contributed by atoms with E-state index in [1.165, 1.54) is 41.2 Å². The predicted octanol–water partition coefficient (Wildman–Crippen LogP) is 2.01. The van der Waals surface area contributed by atoms with E-state index in [0.717, 1.165) is 0 Å². The number of halogens is 1. The fraction of sp³-hybridized carbons (Fsp3) is 0.182. The van der Waals surface area contributed by atoms with Gasteiger partial charge in [-0.15, -0.1) is 0 Å². The fourth-order valence-corrected chi connectivity index (χ4v) is 1.36. The van der Waals surface area contributed by atoms with Crippen LogP contribution in [0.25, 0.3) is 0 Å². The van der Waals surface area contributed by atoms with E-state index in [2.05, 4.69) is 5.10 Å². The highest BCUT2D eigenvalue weighted by Gasteiger charge is 2.10. The van der Waals surface area contributed by atoms with Gasteiger partial charge in [-0.25, -0.2) is 4.39 Å². The molecule has 0 bridgehead atoms. The summed E-state index contributed by atoms with van der Waals surface area (Å²) in [6.07, 6.45) is 1.51. The smallest absolute Gasteiger partial charge is 0.389 e. The molecule has 7 heteroatoms. The lowest BCUT2D eigenvalue weighted by molar-refractivity contribution is -0.389. The molecule has 1 aromatic heterocycles. The van der Waals surface area contributed by atoms with Gasteiger partial charge >= 0.3 is 5.82 Å². The maximum Gasteiger partial charge on any atom is 0.389 e. The molecule has 2 rings (SSSR count). The zero-order chi connectivity index (χ0) is 13.0. The van der Waals surface area contributed by atoms with Gasteiger partial charge in [0.15, 0.2) is 0 Å². The van der Waals surface area contributed by atoms with Crippen LogP contribution < -0.4 is 4.74 Å². The minimum Gasteiger partial charge on any atom is -0.492 e. The molecule has 1 aromatic carbocycles. The number of ether oxygens (including phenoxy) is 1. The van der Waals surface area contributed by atoms with Crippen molar-refractivity contribution >= 4 is 5.82 Å². The Labute approximate surface area is 102 Å². The van der Waals surface area contributed by atoms with Crippen LogP contribution in [0.3, 0.4) is 0 Å². The maximum absolute atomic E-state index is 12.6. The van der Waals surface area contributed by atoms with Crippen LogP contribution in [0, 0.1) is 15.9 Å². The summed E-state index contributed by atoms with van der Waals surface area (Å²) in [6.45, 7) is 0.676. The van der Waals surface area contributed by atoms with Gasteiger partial charge in [-0.1, -0.05) is 0 Å². The molecular weight excluding hydrogens is 241 g/mol. The fourth-order valence-electron chi connectivity index (χ4n) is 1.36. The molecule has 0 spiro atoms. The van der Waals surface area contributed by atoms with Crippen molar-refractivity contribution in [2.24, 2.45) is 0 Å². The maximum atomic E-state index is 12.6. The van der Waals surface area contributed by atoms with Crippen molar-refractivity contribution in [3.05, 3.63) is 52.5 Å². The molecule has 94 valence electrons. The first-order chi connectivity index (χ1) is 8.65. The lowest BCUT2D eigenvalue weighted by atomic mass is 10.3. The second-order valence-corrected chi connectivity index (χ2v) is 3.50. The van der Waals surface area contributed by atoms with Gasteiger partial charge in [0.1, 0.15) is 18.2 Å². The van der Waals surface area contributed by atoms with E-state index in [4.69, 9.17) is 4.74 Å².